The molecule has 8 nitrogen and oxygen atoms in total. The fourth-order valence-corrected chi connectivity index (χ4v) is 3.92. The highest BCUT2D eigenvalue weighted by molar-refractivity contribution is 5.88. The Balaban J connectivity index is 1.83. The van der Waals surface area contributed by atoms with Gasteiger partial charge in [-0.3, -0.25) is 0 Å². The van der Waals surface area contributed by atoms with Crippen molar-refractivity contribution in [3.63, 3.8) is 0 Å². The second kappa shape index (κ2) is 8.16. The molecule has 0 unspecified atom stereocenters. The van der Waals surface area contributed by atoms with Crippen molar-refractivity contribution in [1.29, 1.82) is 0 Å². The van der Waals surface area contributed by atoms with E-state index in [1.165, 1.54) is 11.1 Å². The van der Waals surface area contributed by atoms with Gasteiger partial charge in [0.05, 0.1) is 11.8 Å². The molecule has 2 heterocycles. The average molecular weight is 393 g/mol. The van der Waals surface area contributed by atoms with Crippen LogP contribution in [-0.2, 0) is 12.8 Å². The first-order valence-electron chi connectivity index (χ1n) is 10.1. The second-order valence-corrected chi connectivity index (χ2v) is 7.29. The maximum absolute atomic E-state index is 10.7. The summed E-state index contributed by atoms with van der Waals surface area (Å²) < 4.78 is 0. The Bertz CT molecular complexity index is 1020. The van der Waals surface area contributed by atoms with Crippen LogP contribution < -0.4 is 16.0 Å². The minimum Gasteiger partial charge on any atom is -0.392 e. The molecule has 0 aliphatic heterocycles. The number of hydrogen-bond donors (Lipinski definition) is 4. The molecule has 0 bridgehead atoms. The van der Waals surface area contributed by atoms with E-state index in [2.05, 4.69) is 50.0 Å². The highest BCUT2D eigenvalue weighted by atomic mass is 16.3. The molecule has 1 aliphatic rings. The molecular weight excluding hydrogens is 366 g/mol. The van der Waals surface area contributed by atoms with Crippen molar-refractivity contribution >= 4 is 28.7 Å². The number of aromatic nitrogens is 4. The molecule has 2 atom stereocenters. The zero-order chi connectivity index (χ0) is 20.4. The molecule has 1 aliphatic carbocycles. The summed E-state index contributed by atoms with van der Waals surface area (Å²) in [6.45, 7) is 2.89. The van der Waals surface area contributed by atoms with E-state index in [1.807, 2.05) is 12.1 Å². The summed E-state index contributed by atoms with van der Waals surface area (Å²) >= 11 is 0. The Morgan fingerprint density at radius 3 is 2.48 bits per heavy atom. The molecule has 0 saturated carbocycles. The summed E-state index contributed by atoms with van der Waals surface area (Å²) in [5, 5.41) is 20.1. The summed E-state index contributed by atoms with van der Waals surface area (Å²) in [4.78, 5) is 18.5. The van der Waals surface area contributed by atoms with Gasteiger partial charge < -0.3 is 21.1 Å². The van der Waals surface area contributed by atoms with E-state index in [-0.39, 0.29) is 5.92 Å². The summed E-state index contributed by atoms with van der Waals surface area (Å²) in [6, 6.07) is 8.23. The van der Waals surface area contributed by atoms with Crippen LogP contribution in [0.2, 0.25) is 0 Å². The zero-order valence-corrected chi connectivity index (χ0v) is 17.0. The molecule has 0 amide bonds. The minimum absolute atomic E-state index is 0.0194. The van der Waals surface area contributed by atoms with Crippen molar-refractivity contribution < 1.29 is 5.11 Å². The lowest BCUT2D eigenvalue weighted by Crippen LogP contribution is -2.18. The van der Waals surface area contributed by atoms with E-state index in [9.17, 15) is 5.11 Å². The lowest BCUT2D eigenvalue weighted by atomic mass is 9.94. The fourth-order valence-electron chi connectivity index (χ4n) is 3.92. The first-order chi connectivity index (χ1) is 14.1. The van der Waals surface area contributed by atoms with Gasteiger partial charge in [0.25, 0.3) is 0 Å². The van der Waals surface area contributed by atoms with Gasteiger partial charge >= 0.3 is 0 Å². The second-order valence-electron chi connectivity index (χ2n) is 7.29. The van der Waals surface area contributed by atoms with Gasteiger partial charge in [0.15, 0.2) is 5.82 Å². The van der Waals surface area contributed by atoms with E-state index < -0.39 is 6.10 Å². The Morgan fingerprint density at radius 2 is 1.72 bits per heavy atom. The van der Waals surface area contributed by atoms with Crippen LogP contribution in [0.1, 0.15) is 36.1 Å². The SMILES string of the molecule is CCCNc1nc(NC)nc2c(C[C@@H]3c4ccccc4C[C@H]3O)nc(NC)nc12. The van der Waals surface area contributed by atoms with E-state index in [0.29, 0.717) is 41.6 Å². The maximum atomic E-state index is 10.7. The van der Waals surface area contributed by atoms with Crippen LogP contribution in [0.3, 0.4) is 0 Å². The molecule has 152 valence electrons. The van der Waals surface area contributed by atoms with Crippen molar-refractivity contribution in [2.75, 3.05) is 36.6 Å². The number of nitrogens with one attached hydrogen (secondary N) is 3. The molecule has 4 rings (SSSR count). The molecule has 0 saturated heterocycles. The molecule has 0 fully saturated rings. The molecule has 0 spiro atoms. The summed E-state index contributed by atoms with van der Waals surface area (Å²) in [5.41, 5.74) is 4.59. The van der Waals surface area contributed by atoms with Gasteiger partial charge in [0, 0.05) is 33.0 Å². The normalized spacial score (nSPS) is 17.9. The van der Waals surface area contributed by atoms with Crippen molar-refractivity contribution in [3.05, 3.63) is 41.1 Å². The van der Waals surface area contributed by atoms with Crippen LogP contribution in [0.15, 0.2) is 24.3 Å². The Hall–Kier alpha value is -3.00. The van der Waals surface area contributed by atoms with Gasteiger partial charge in [-0.05, 0) is 24.0 Å². The van der Waals surface area contributed by atoms with Gasteiger partial charge in [0.2, 0.25) is 11.9 Å². The third-order valence-corrected chi connectivity index (χ3v) is 5.37. The highest BCUT2D eigenvalue weighted by Crippen LogP contribution is 2.37. The zero-order valence-electron chi connectivity index (χ0n) is 17.0. The number of benzene rings is 1. The number of anilines is 3. The van der Waals surface area contributed by atoms with Gasteiger partial charge in [-0.2, -0.15) is 4.98 Å². The number of rotatable bonds is 7. The Labute approximate surface area is 170 Å². The summed E-state index contributed by atoms with van der Waals surface area (Å²) in [6.07, 6.45) is 1.79. The number of fused-ring (bicyclic) bond motifs is 2. The molecule has 1 aromatic carbocycles. The van der Waals surface area contributed by atoms with Crippen LogP contribution in [0.25, 0.3) is 11.0 Å². The van der Waals surface area contributed by atoms with E-state index in [1.54, 1.807) is 14.1 Å². The summed E-state index contributed by atoms with van der Waals surface area (Å²) in [7, 11) is 3.59. The van der Waals surface area contributed by atoms with Crippen LogP contribution >= 0.6 is 0 Å². The average Bonchev–Trinajstić information content (AvgIpc) is 3.06. The first kappa shape index (κ1) is 19.3. The largest absolute Gasteiger partial charge is 0.392 e. The number of aliphatic hydroxyl groups excluding tert-OH is 1. The maximum Gasteiger partial charge on any atom is 0.225 e. The van der Waals surface area contributed by atoms with Crippen molar-refractivity contribution in [3.8, 4) is 0 Å². The van der Waals surface area contributed by atoms with Crippen molar-refractivity contribution in [2.45, 2.75) is 38.2 Å². The molecular formula is C21H27N7O. The molecule has 4 N–H and O–H groups in total. The predicted octanol–water partition coefficient (Wildman–Crippen LogP) is 2.57. The van der Waals surface area contributed by atoms with Gasteiger partial charge in [-0.1, -0.05) is 31.2 Å². The summed E-state index contributed by atoms with van der Waals surface area (Å²) in [5.74, 6) is 1.71. The topological polar surface area (TPSA) is 108 Å². The molecule has 0 radical (unpaired) electrons. The van der Waals surface area contributed by atoms with E-state index in [0.717, 1.165) is 18.7 Å². The molecule has 2 aromatic heterocycles. The number of hydrogen-bond acceptors (Lipinski definition) is 8. The highest BCUT2D eigenvalue weighted by Gasteiger charge is 2.32. The van der Waals surface area contributed by atoms with Gasteiger partial charge in [-0.15, -0.1) is 0 Å². The van der Waals surface area contributed by atoms with Crippen LogP contribution in [-0.4, -0.2) is 51.8 Å². The quantitative estimate of drug-likeness (QED) is 0.485. The van der Waals surface area contributed by atoms with Gasteiger partial charge in [0.1, 0.15) is 11.0 Å². The minimum atomic E-state index is -0.432. The monoisotopic (exact) mass is 393 g/mol. The van der Waals surface area contributed by atoms with E-state index in [4.69, 9.17) is 4.98 Å². The standard InChI is InChI=1S/C21H27N7O/c1-4-9-24-19-18-17(26-21(23-3)28-19)15(25-20(22-2)27-18)11-14-13-8-6-5-7-12(13)10-16(14)29/h5-8,14,16,29H,4,9-11H2,1-3H3,(H,22,25,27)(H2,23,24,26,28)/t14-,16-/m1/s1. The number of aliphatic hydroxyl groups is 1. The Kier molecular flexibility index (Phi) is 5.44. The van der Waals surface area contributed by atoms with Crippen LogP contribution in [0.5, 0.6) is 0 Å². The fraction of sp³-hybridized carbons (Fsp3) is 0.429. The van der Waals surface area contributed by atoms with E-state index >= 15 is 0 Å². The third-order valence-electron chi connectivity index (χ3n) is 5.37. The molecule has 29 heavy (non-hydrogen) atoms. The van der Waals surface area contributed by atoms with Crippen molar-refractivity contribution in [1.82, 2.24) is 19.9 Å². The van der Waals surface area contributed by atoms with Crippen molar-refractivity contribution in [2.24, 2.45) is 0 Å². The smallest absolute Gasteiger partial charge is 0.225 e. The first-order valence-corrected chi connectivity index (χ1v) is 10.1. The predicted molar refractivity (Wildman–Crippen MR) is 116 cm³/mol. The molecule has 3 aromatic rings. The lowest BCUT2D eigenvalue weighted by Gasteiger charge is -2.18. The number of nitrogens with zero attached hydrogens (tertiary/aromatic N) is 4. The van der Waals surface area contributed by atoms with Crippen LogP contribution in [0.4, 0.5) is 17.7 Å². The van der Waals surface area contributed by atoms with Gasteiger partial charge in [-0.25, -0.2) is 15.0 Å². The Morgan fingerprint density at radius 1 is 1.00 bits per heavy atom. The lowest BCUT2D eigenvalue weighted by molar-refractivity contribution is 0.156. The molecule has 8 heteroatoms. The third kappa shape index (κ3) is 3.67. The van der Waals surface area contributed by atoms with Crippen LogP contribution in [0, 0.1) is 0 Å².